The highest BCUT2D eigenvalue weighted by Gasteiger charge is 2.30. The number of ether oxygens (including phenoxy) is 2. The highest BCUT2D eigenvalue weighted by Crippen LogP contribution is 2.35. The number of benzene rings is 1. The van der Waals surface area contributed by atoms with E-state index >= 15 is 0 Å². The van der Waals surface area contributed by atoms with Gasteiger partial charge in [0, 0.05) is 18.0 Å². The van der Waals surface area contributed by atoms with Crippen molar-refractivity contribution in [1.82, 2.24) is 10.2 Å². The second-order valence-corrected chi connectivity index (χ2v) is 7.35. The standard InChI is InChI=1S/C20H24N2O4S/c1-4-16-14-8-10-27-18(14)7-9-22(16)20(24)21-12-13-5-6-17(25-2)15(11-13)19(23)26-3/h5-6,8,10-11,16H,4,7,9,12H2,1-3H3,(H,21,24)/t16-/m1/s1. The molecular weight excluding hydrogens is 364 g/mol. The van der Waals surface area contributed by atoms with Gasteiger partial charge in [0.1, 0.15) is 11.3 Å². The summed E-state index contributed by atoms with van der Waals surface area (Å²) in [5.41, 5.74) is 2.42. The van der Waals surface area contributed by atoms with Gasteiger partial charge in [0.25, 0.3) is 0 Å². The Balaban J connectivity index is 1.70. The predicted octanol–water partition coefficient (Wildman–Crippen LogP) is 3.76. The van der Waals surface area contributed by atoms with Crippen LogP contribution in [0.25, 0.3) is 0 Å². The Hall–Kier alpha value is -2.54. The molecule has 0 radical (unpaired) electrons. The van der Waals surface area contributed by atoms with Crippen molar-refractivity contribution >= 4 is 23.3 Å². The van der Waals surface area contributed by atoms with Crippen LogP contribution in [0.4, 0.5) is 4.79 Å². The van der Waals surface area contributed by atoms with Crippen molar-refractivity contribution in [3.63, 3.8) is 0 Å². The van der Waals surface area contributed by atoms with Crippen LogP contribution in [0.1, 0.15) is 45.7 Å². The van der Waals surface area contributed by atoms with Gasteiger partial charge in [-0.2, -0.15) is 0 Å². The number of thiophene rings is 1. The summed E-state index contributed by atoms with van der Waals surface area (Å²) in [6.07, 6.45) is 1.78. The van der Waals surface area contributed by atoms with Gasteiger partial charge in [-0.15, -0.1) is 11.3 Å². The first-order valence-electron chi connectivity index (χ1n) is 8.95. The van der Waals surface area contributed by atoms with Crippen LogP contribution in [-0.2, 0) is 17.7 Å². The lowest BCUT2D eigenvalue weighted by Crippen LogP contribution is -2.44. The molecule has 0 aliphatic carbocycles. The van der Waals surface area contributed by atoms with E-state index in [0.717, 1.165) is 18.4 Å². The normalized spacial score (nSPS) is 15.8. The van der Waals surface area contributed by atoms with Crippen LogP contribution in [0.15, 0.2) is 29.6 Å². The largest absolute Gasteiger partial charge is 0.496 e. The molecule has 2 aromatic rings. The van der Waals surface area contributed by atoms with E-state index < -0.39 is 5.97 Å². The third-order valence-electron chi connectivity index (χ3n) is 4.86. The third kappa shape index (κ3) is 3.93. The van der Waals surface area contributed by atoms with Crippen molar-refractivity contribution < 1.29 is 19.1 Å². The van der Waals surface area contributed by atoms with E-state index in [1.54, 1.807) is 23.5 Å². The van der Waals surface area contributed by atoms with Crippen LogP contribution >= 0.6 is 11.3 Å². The fourth-order valence-corrected chi connectivity index (χ4v) is 4.42. The summed E-state index contributed by atoms with van der Waals surface area (Å²) in [6, 6.07) is 7.38. The maximum atomic E-state index is 12.8. The topological polar surface area (TPSA) is 67.9 Å². The quantitative estimate of drug-likeness (QED) is 0.792. The summed E-state index contributed by atoms with van der Waals surface area (Å²) >= 11 is 1.76. The molecule has 1 N–H and O–H groups in total. The molecule has 6 nitrogen and oxygen atoms in total. The zero-order chi connectivity index (χ0) is 19.4. The van der Waals surface area contributed by atoms with Crippen LogP contribution in [0.5, 0.6) is 5.75 Å². The molecule has 1 aliphatic rings. The van der Waals surface area contributed by atoms with Crippen molar-refractivity contribution in [1.29, 1.82) is 0 Å². The maximum absolute atomic E-state index is 12.8. The monoisotopic (exact) mass is 388 g/mol. The van der Waals surface area contributed by atoms with Crippen LogP contribution in [-0.4, -0.2) is 37.7 Å². The number of nitrogens with one attached hydrogen (secondary N) is 1. The fraction of sp³-hybridized carbons (Fsp3) is 0.400. The van der Waals surface area contributed by atoms with Gasteiger partial charge in [0.15, 0.2) is 0 Å². The zero-order valence-electron chi connectivity index (χ0n) is 15.8. The minimum absolute atomic E-state index is 0.0888. The van der Waals surface area contributed by atoms with Gasteiger partial charge in [0.05, 0.1) is 20.3 Å². The average molecular weight is 388 g/mol. The number of hydrogen-bond acceptors (Lipinski definition) is 5. The number of fused-ring (bicyclic) bond motifs is 1. The minimum atomic E-state index is -0.466. The number of carbonyl (C=O) groups is 2. The SMILES string of the molecule is CC[C@@H]1c2ccsc2CCN1C(=O)NCc1ccc(OC)c(C(=O)OC)c1. The molecular formula is C20H24N2O4S. The second-order valence-electron chi connectivity index (χ2n) is 6.35. The smallest absolute Gasteiger partial charge is 0.341 e. The summed E-state index contributed by atoms with van der Waals surface area (Å²) in [6.45, 7) is 3.15. The molecule has 0 fully saturated rings. The average Bonchev–Trinajstić information content (AvgIpc) is 3.19. The number of hydrogen-bond donors (Lipinski definition) is 1. The minimum Gasteiger partial charge on any atom is -0.496 e. The van der Waals surface area contributed by atoms with Gasteiger partial charge in [-0.05, 0) is 47.5 Å². The molecule has 2 heterocycles. The lowest BCUT2D eigenvalue weighted by atomic mass is 9.98. The highest BCUT2D eigenvalue weighted by atomic mass is 32.1. The van der Waals surface area contributed by atoms with Gasteiger partial charge < -0.3 is 19.7 Å². The molecule has 0 unspecified atom stereocenters. The number of urea groups is 1. The number of esters is 1. The Labute approximate surface area is 163 Å². The van der Waals surface area contributed by atoms with Gasteiger partial charge in [0.2, 0.25) is 0 Å². The third-order valence-corrected chi connectivity index (χ3v) is 5.85. The molecule has 0 saturated carbocycles. The van der Waals surface area contributed by atoms with Crippen molar-refractivity contribution in [2.75, 3.05) is 20.8 Å². The first kappa shape index (κ1) is 19.2. The van der Waals surface area contributed by atoms with Crippen LogP contribution in [0.2, 0.25) is 0 Å². The van der Waals surface area contributed by atoms with Crippen molar-refractivity contribution in [3.05, 3.63) is 51.2 Å². The van der Waals surface area contributed by atoms with Crippen molar-refractivity contribution in [3.8, 4) is 5.75 Å². The molecule has 0 bridgehead atoms. The molecule has 0 saturated heterocycles. The molecule has 7 heteroatoms. The number of nitrogens with zero attached hydrogens (tertiary/aromatic N) is 1. The summed E-state index contributed by atoms with van der Waals surface area (Å²) in [5.74, 6) is -0.0175. The van der Waals surface area contributed by atoms with E-state index in [1.807, 2.05) is 11.0 Å². The van der Waals surface area contributed by atoms with E-state index in [-0.39, 0.29) is 12.1 Å². The van der Waals surface area contributed by atoms with Gasteiger partial charge in [-0.3, -0.25) is 0 Å². The maximum Gasteiger partial charge on any atom is 0.341 e. The van der Waals surface area contributed by atoms with Gasteiger partial charge >= 0.3 is 12.0 Å². The highest BCUT2D eigenvalue weighted by molar-refractivity contribution is 7.10. The van der Waals surface area contributed by atoms with E-state index in [1.165, 1.54) is 24.7 Å². The molecule has 1 aliphatic heterocycles. The first-order chi connectivity index (χ1) is 13.1. The molecule has 3 rings (SSSR count). The fourth-order valence-electron chi connectivity index (χ4n) is 3.49. The van der Waals surface area contributed by atoms with Crippen LogP contribution < -0.4 is 10.1 Å². The molecule has 144 valence electrons. The lowest BCUT2D eigenvalue weighted by Gasteiger charge is -2.35. The number of amides is 2. The first-order valence-corrected chi connectivity index (χ1v) is 9.83. The number of rotatable bonds is 5. The zero-order valence-corrected chi connectivity index (χ0v) is 16.6. The Morgan fingerprint density at radius 1 is 1.30 bits per heavy atom. The summed E-state index contributed by atoms with van der Waals surface area (Å²) in [4.78, 5) is 28.0. The molecule has 1 atom stereocenters. The molecule has 27 heavy (non-hydrogen) atoms. The van der Waals surface area contributed by atoms with E-state index in [2.05, 4.69) is 23.7 Å². The Morgan fingerprint density at radius 3 is 2.81 bits per heavy atom. The molecule has 2 amide bonds. The summed E-state index contributed by atoms with van der Waals surface area (Å²) in [7, 11) is 2.83. The van der Waals surface area contributed by atoms with Crippen LogP contribution in [0.3, 0.4) is 0 Å². The number of methoxy groups -OCH3 is 2. The van der Waals surface area contributed by atoms with E-state index in [4.69, 9.17) is 9.47 Å². The van der Waals surface area contributed by atoms with Gasteiger partial charge in [-0.1, -0.05) is 13.0 Å². The Morgan fingerprint density at radius 2 is 2.11 bits per heavy atom. The lowest BCUT2D eigenvalue weighted by molar-refractivity contribution is 0.0597. The van der Waals surface area contributed by atoms with Crippen LogP contribution in [0, 0.1) is 0 Å². The van der Waals surface area contributed by atoms with Crippen molar-refractivity contribution in [2.45, 2.75) is 32.4 Å². The Bertz CT molecular complexity index is 833. The van der Waals surface area contributed by atoms with E-state index in [9.17, 15) is 9.59 Å². The van der Waals surface area contributed by atoms with Gasteiger partial charge in [-0.25, -0.2) is 9.59 Å². The molecule has 1 aromatic carbocycles. The summed E-state index contributed by atoms with van der Waals surface area (Å²) < 4.78 is 10.00. The summed E-state index contributed by atoms with van der Waals surface area (Å²) in [5, 5.41) is 5.07. The number of carbonyl (C=O) groups excluding carboxylic acids is 2. The predicted molar refractivity (Wildman–Crippen MR) is 104 cm³/mol. The molecule has 0 spiro atoms. The molecule has 1 aromatic heterocycles. The van der Waals surface area contributed by atoms with Crippen molar-refractivity contribution in [2.24, 2.45) is 0 Å². The Kier molecular flexibility index (Phi) is 6.01. The van der Waals surface area contributed by atoms with E-state index in [0.29, 0.717) is 24.4 Å². The second kappa shape index (κ2) is 8.43.